The number of rotatable bonds is 11. The van der Waals surface area contributed by atoms with E-state index in [9.17, 15) is 0 Å². The number of hydrogen-bond acceptors (Lipinski definition) is 5. The molecule has 106 heavy (non-hydrogen) atoms. The van der Waals surface area contributed by atoms with E-state index in [-0.39, 0.29) is 0 Å². The van der Waals surface area contributed by atoms with E-state index >= 15 is 0 Å². The summed E-state index contributed by atoms with van der Waals surface area (Å²) in [7, 11) is 0. The van der Waals surface area contributed by atoms with E-state index in [1.807, 2.05) is 60.9 Å². The molecule has 496 valence electrons. The fourth-order valence-electron chi connectivity index (χ4n) is 15.6. The van der Waals surface area contributed by atoms with E-state index in [2.05, 4.69) is 345 Å². The molecule has 0 radical (unpaired) electrons. The lowest BCUT2D eigenvalue weighted by molar-refractivity contribution is 1.05. The van der Waals surface area contributed by atoms with E-state index in [0.29, 0.717) is 11.6 Å². The van der Waals surface area contributed by atoms with Crippen LogP contribution in [0.1, 0.15) is 0 Å². The second-order valence-corrected chi connectivity index (χ2v) is 26.8. The van der Waals surface area contributed by atoms with Gasteiger partial charge in [0.05, 0.1) is 55.5 Å². The average molecular weight is 1350 g/mol. The monoisotopic (exact) mass is 1350 g/mol. The Morgan fingerprint density at radius 2 is 0.434 bits per heavy atom. The lowest BCUT2D eigenvalue weighted by Crippen LogP contribution is -2.02. The molecule has 0 saturated carbocycles. The van der Waals surface area contributed by atoms with E-state index in [0.717, 1.165) is 78.7 Å². The minimum absolute atomic E-state index is 0.691. The Morgan fingerprint density at radius 1 is 0.170 bits per heavy atom. The quantitative estimate of drug-likeness (QED) is 0.129. The van der Waals surface area contributed by atoms with Gasteiger partial charge < -0.3 is 9.13 Å². The molecule has 0 spiro atoms. The van der Waals surface area contributed by atoms with E-state index in [4.69, 9.17) is 19.9 Å². The first kappa shape index (κ1) is 61.5. The molecule has 0 N–H and O–H groups in total. The summed E-state index contributed by atoms with van der Waals surface area (Å²) < 4.78 is 9.26. The van der Waals surface area contributed by atoms with Crippen molar-refractivity contribution in [2.24, 2.45) is 0 Å². The third-order valence-electron chi connectivity index (χ3n) is 20.6. The lowest BCUT2D eigenvalue weighted by atomic mass is 10.0. The van der Waals surface area contributed by atoms with Gasteiger partial charge in [0.1, 0.15) is 11.6 Å². The number of hydrogen-bond donors (Lipinski definition) is 0. The van der Waals surface area contributed by atoms with Crippen LogP contribution in [0.5, 0.6) is 0 Å². The van der Waals surface area contributed by atoms with Crippen molar-refractivity contribution in [2.75, 3.05) is 0 Å². The van der Waals surface area contributed by atoms with Crippen molar-refractivity contribution < 1.29 is 0 Å². The van der Waals surface area contributed by atoms with Crippen LogP contribution in [0.4, 0.5) is 0 Å². The zero-order valence-electron chi connectivity index (χ0n) is 57.4. The first-order valence-corrected chi connectivity index (χ1v) is 35.8. The Bertz CT molecular complexity index is 6850. The van der Waals surface area contributed by atoms with Crippen LogP contribution in [-0.2, 0) is 0 Å². The van der Waals surface area contributed by atoms with Crippen LogP contribution in [0.3, 0.4) is 0 Å². The molecular weight excluding hydrogens is 1290 g/mol. The summed E-state index contributed by atoms with van der Waals surface area (Å²) in [6.07, 6.45) is 3.70. The molecule has 7 aromatic heterocycles. The smallest absolute Gasteiger partial charge is 0.162 e. The largest absolute Gasteiger partial charge is 0.309 e. The number of aromatic nitrogens is 9. The first-order chi connectivity index (χ1) is 52.6. The molecule has 0 fully saturated rings. The van der Waals surface area contributed by atoms with E-state index in [1.54, 1.807) is 0 Å². The van der Waals surface area contributed by atoms with Crippen molar-refractivity contribution in [1.29, 1.82) is 0 Å². The number of benzene rings is 14. The van der Waals surface area contributed by atoms with Crippen LogP contribution in [0, 0.1) is 0 Å². The summed E-state index contributed by atoms with van der Waals surface area (Å²) in [6, 6.07) is 131. The fraction of sp³-hybridized carbons (Fsp3) is 0. The SMILES string of the molecule is c1ccc(-c2cc(-n3c4ccccc4c4cc(-c5ccc6c(c5)c5ccccc5n6-c5ccncc5)ccc43)nc(-c3ccccc3)n2)cc1.c1ccc(-c2ccc(-c3cc(-n4c5ccccc5c5cc(-c6ccc7c(c6)c6ccccc6n7-c6ccccc6)ccc54)nc(-c4ccccc4)n3)cc2)cc1. The summed E-state index contributed by atoms with van der Waals surface area (Å²) in [6.45, 7) is 0. The molecular formula is C97H63N9. The molecule has 0 unspecified atom stereocenters. The van der Waals surface area contributed by atoms with Crippen LogP contribution in [0.25, 0.3) is 189 Å². The zero-order chi connectivity index (χ0) is 70.0. The van der Waals surface area contributed by atoms with Gasteiger partial charge in [0, 0.05) is 101 Å². The molecule has 0 aliphatic rings. The molecule has 21 rings (SSSR count). The summed E-state index contributed by atoms with van der Waals surface area (Å²) >= 11 is 0. The molecule has 0 aliphatic heterocycles. The molecule has 9 nitrogen and oxygen atoms in total. The summed E-state index contributed by atoms with van der Waals surface area (Å²) in [5.41, 5.74) is 24.3. The maximum Gasteiger partial charge on any atom is 0.162 e. The van der Waals surface area contributed by atoms with E-state index < -0.39 is 0 Å². The van der Waals surface area contributed by atoms with Crippen molar-refractivity contribution in [3.05, 3.63) is 382 Å². The molecule has 0 saturated heterocycles. The van der Waals surface area contributed by atoms with Crippen LogP contribution >= 0.6 is 0 Å². The van der Waals surface area contributed by atoms with Crippen LogP contribution in [0.15, 0.2) is 382 Å². The van der Waals surface area contributed by atoms with Crippen molar-refractivity contribution >= 4 is 87.2 Å². The number of fused-ring (bicyclic) bond motifs is 12. The highest BCUT2D eigenvalue weighted by molar-refractivity contribution is 6.15. The maximum absolute atomic E-state index is 5.26. The second-order valence-electron chi connectivity index (χ2n) is 26.8. The molecule has 0 bridgehead atoms. The van der Waals surface area contributed by atoms with Gasteiger partial charge in [-0.3, -0.25) is 14.1 Å². The fourth-order valence-corrected chi connectivity index (χ4v) is 15.6. The predicted molar refractivity (Wildman–Crippen MR) is 437 cm³/mol. The molecule has 0 amide bonds. The van der Waals surface area contributed by atoms with E-state index in [1.165, 1.54) is 98.5 Å². The van der Waals surface area contributed by atoms with Crippen LogP contribution in [-0.4, -0.2) is 43.2 Å². The van der Waals surface area contributed by atoms with Gasteiger partial charge in [-0.1, -0.05) is 261 Å². The third kappa shape index (κ3) is 10.8. The minimum Gasteiger partial charge on any atom is -0.309 e. The maximum atomic E-state index is 5.26. The Kier molecular flexibility index (Phi) is 15.0. The van der Waals surface area contributed by atoms with Crippen LogP contribution in [0.2, 0.25) is 0 Å². The normalized spacial score (nSPS) is 11.6. The standard InChI is InChI=1S/C52H34N4.C45H29N5/c1-4-14-35(15-5-1)36-24-26-37(27-25-36)46-34-51(54-52(53-46)38-16-6-2-7-17-38)56-48-23-13-11-21-43(48)45-33-40(29-31-50(45)56)39-28-30-49-44(32-39)42-20-10-12-22-47(42)55(49)41-18-8-3-9-19-41;1-3-11-30(12-4-1)39-29-44(48-45(47-39)31-13-5-2-6-14-31)50-41-18-10-8-16-36(41)38-28-33(20-22-43(38)50)32-19-21-42-37(27-32)35-15-7-9-17-40(35)49(42)34-23-25-46-26-24-34/h1-34H;1-29H. The van der Waals surface area contributed by atoms with Crippen LogP contribution < -0.4 is 0 Å². The van der Waals surface area contributed by atoms with Gasteiger partial charge in [-0.05, 0) is 130 Å². The zero-order valence-corrected chi connectivity index (χ0v) is 57.4. The minimum atomic E-state index is 0.691. The third-order valence-corrected chi connectivity index (χ3v) is 20.6. The van der Waals surface area contributed by atoms with Gasteiger partial charge in [-0.2, -0.15) is 0 Å². The molecule has 0 aliphatic carbocycles. The summed E-state index contributed by atoms with van der Waals surface area (Å²) in [5, 5.41) is 9.65. The Morgan fingerprint density at radius 3 is 0.821 bits per heavy atom. The Balaban J connectivity index is 0.000000141. The molecule has 0 atom stereocenters. The molecule has 21 aromatic rings. The highest BCUT2D eigenvalue weighted by Gasteiger charge is 2.22. The lowest BCUT2D eigenvalue weighted by Gasteiger charge is -2.13. The number of para-hydroxylation sites is 5. The van der Waals surface area contributed by atoms with Gasteiger partial charge in [0.25, 0.3) is 0 Å². The highest BCUT2D eigenvalue weighted by atomic mass is 15.1. The molecule has 7 heterocycles. The predicted octanol–water partition coefficient (Wildman–Crippen LogP) is 24.4. The van der Waals surface area contributed by atoms with Gasteiger partial charge in [0.15, 0.2) is 11.6 Å². The average Bonchev–Trinajstić information content (AvgIpc) is 1.60. The van der Waals surface area contributed by atoms with Gasteiger partial charge in [-0.25, -0.2) is 19.9 Å². The van der Waals surface area contributed by atoms with Crippen molar-refractivity contribution in [1.82, 2.24) is 43.2 Å². The topological polar surface area (TPSA) is 84.2 Å². The van der Waals surface area contributed by atoms with Gasteiger partial charge >= 0.3 is 0 Å². The first-order valence-electron chi connectivity index (χ1n) is 35.8. The van der Waals surface area contributed by atoms with Crippen molar-refractivity contribution in [3.63, 3.8) is 0 Å². The van der Waals surface area contributed by atoms with Crippen molar-refractivity contribution in [2.45, 2.75) is 0 Å². The summed E-state index contributed by atoms with van der Waals surface area (Å²) in [5.74, 6) is 3.05. The highest BCUT2D eigenvalue weighted by Crippen LogP contribution is 2.42. The number of pyridine rings is 1. The number of nitrogens with zero attached hydrogens (tertiary/aromatic N) is 9. The molecule has 14 aromatic carbocycles. The molecule has 9 heteroatoms. The van der Waals surface area contributed by atoms with Gasteiger partial charge in [0.2, 0.25) is 0 Å². The Labute approximate surface area is 610 Å². The Hall–Kier alpha value is -14.4. The van der Waals surface area contributed by atoms with Gasteiger partial charge in [-0.15, -0.1) is 0 Å². The second kappa shape index (κ2) is 25.9. The van der Waals surface area contributed by atoms with Crippen molar-refractivity contribution in [3.8, 4) is 102 Å². The summed E-state index contributed by atoms with van der Waals surface area (Å²) in [4.78, 5) is 24.9.